The maximum absolute atomic E-state index is 13.8. The van der Waals surface area contributed by atoms with Crippen LogP contribution in [0.3, 0.4) is 0 Å². The number of nitrogens with zero attached hydrogens (tertiary/aromatic N) is 1. The monoisotopic (exact) mass is 280 g/mol. The Hall–Kier alpha value is -3.11. The lowest BCUT2D eigenvalue weighted by molar-refractivity contribution is 0.626. The minimum atomic E-state index is -0.601. The quantitative estimate of drug-likeness (QED) is 0.517. The number of benzene rings is 2. The van der Waals surface area contributed by atoms with Gasteiger partial charge in [-0.3, -0.25) is 0 Å². The van der Waals surface area contributed by atoms with Gasteiger partial charge in [-0.2, -0.15) is 0 Å². The summed E-state index contributed by atoms with van der Waals surface area (Å²) in [7, 11) is 0. The van der Waals surface area contributed by atoms with Crippen molar-refractivity contribution in [2.75, 3.05) is 5.32 Å². The van der Waals surface area contributed by atoms with Crippen molar-refractivity contribution in [3.05, 3.63) is 59.2 Å². The highest BCUT2D eigenvalue weighted by molar-refractivity contribution is 5.79. The molecule has 0 amide bonds. The van der Waals surface area contributed by atoms with Gasteiger partial charge in [-0.1, -0.05) is 24.0 Å². The minimum absolute atomic E-state index is 0.0615. The van der Waals surface area contributed by atoms with Gasteiger partial charge >= 0.3 is 0 Å². The lowest BCUT2D eigenvalue weighted by atomic mass is 10.2. The molecule has 2 aromatic rings. The molecule has 2 rings (SSSR count). The van der Waals surface area contributed by atoms with E-state index < -0.39 is 11.6 Å². The van der Waals surface area contributed by atoms with Crippen LogP contribution < -0.4 is 5.32 Å². The number of nitrogens with one attached hydrogen (secondary N) is 1. The average molecular weight is 280 g/mol. The third kappa shape index (κ3) is 3.08. The SMILES string of the molecule is C#Cc1cccc(N=CNc2cccc(C#C)c2F)c1F. The Labute approximate surface area is 121 Å². The van der Waals surface area contributed by atoms with E-state index in [2.05, 4.69) is 22.2 Å². The minimum Gasteiger partial charge on any atom is -0.344 e. The van der Waals surface area contributed by atoms with Gasteiger partial charge in [0.2, 0.25) is 0 Å². The molecule has 102 valence electrons. The molecule has 0 radical (unpaired) electrons. The number of rotatable bonds is 3. The average Bonchev–Trinajstić information content (AvgIpc) is 2.50. The molecule has 1 N–H and O–H groups in total. The highest BCUT2D eigenvalue weighted by Crippen LogP contribution is 2.20. The van der Waals surface area contributed by atoms with Gasteiger partial charge in [0.25, 0.3) is 0 Å². The van der Waals surface area contributed by atoms with E-state index in [-0.39, 0.29) is 22.5 Å². The molecule has 0 atom stereocenters. The van der Waals surface area contributed by atoms with Crippen LogP contribution in [0.5, 0.6) is 0 Å². The maximum Gasteiger partial charge on any atom is 0.164 e. The predicted octanol–water partition coefficient (Wildman–Crippen LogP) is 3.70. The number of aliphatic imine (C=N–C) groups is 1. The lowest BCUT2D eigenvalue weighted by Gasteiger charge is -2.04. The highest BCUT2D eigenvalue weighted by Gasteiger charge is 2.06. The topological polar surface area (TPSA) is 24.4 Å². The Bertz CT molecular complexity index is 780. The molecule has 0 bridgehead atoms. The zero-order chi connectivity index (χ0) is 15.2. The van der Waals surface area contributed by atoms with Crippen molar-refractivity contribution < 1.29 is 8.78 Å². The van der Waals surface area contributed by atoms with E-state index in [0.717, 1.165) is 0 Å². The first-order chi connectivity index (χ1) is 10.2. The summed E-state index contributed by atoms with van der Waals surface area (Å²) in [4.78, 5) is 3.88. The number of anilines is 1. The molecular weight excluding hydrogens is 270 g/mol. The van der Waals surface area contributed by atoms with Crippen LogP contribution in [0, 0.1) is 36.3 Å². The van der Waals surface area contributed by atoms with Crippen molar-refractivity contribution in [2.24, 2.45) is 4.99 Å². The first-order valence-electron chi connectivity index (χ1n) is 5.96. The number of hydrogen-bond donors (Lipinski definition) is 1. The molecule has 0 fully saturated rings. The molecule has 0 heterocycles. The van der Waals surface area contributed by atoms with E-state index in [4.69, 9.17) is 12.8 Å². The standard InChI is InChI=1S/C17H10F2N2/c1-3-12-7-5-9-14(16(12)18)20-11-21-15-10-6-8-13(4-2)17(15)19/h1-2,5-11H,(H,20,21). The van der Waals surface area contributed by atoms with Crippen molar-refractivity contribution in [1.29, 1.82) is 0 Å². The first kappa shape index (κ1) is 14.3. The summed E-state index contributed by atoms with van der Waals surface area (Å²) in [5.74, 6) is 3.28. The molecule has 0 unspecified atom stereocenters. The van der Waals surface area contributed by atoms with Crippen molar-refractivity contribution in [1.82, 2.24) is 0 Å². The summed E-state index contributed by atoms with van der Waals surface area (Å²) < 4.78 is 27.6. The van der Waals surface area contributed by atoms with E-state index in [9.17, 15) is 8.78 Å². The predicted molar refractivity (Wildman–Crippen MR) is 80.4 cm³/mol. The lowest BCUT2D eigenvalue weighted by Crippen LogP contribution is -1.99. The number of terminal acetylenes is 2. The van der Waals surface area contributed by atoms with Crippen molar-refractivity contribution in [3.8, 4) is 24.7 Å². The number of hydrogen-bond acceptors (Lipinski definition) is 1. The molecule has 4 heteroatoms. The summed E-state index contributed by atoms with van der Waals surface area (Å²) in [5.41, 5.74) is 0.466. The van der Waals surface area contributed by atoms with Crippen LogP contribution in [0.25, 0.3) is 0 Å². The van der Waals surface area contributed by atoms with E-state index in [1.165, 1.54) is 30.6 Å². The van der Waals surface area contributed by atoms with Gasteiger partial charge in [0.05, 0.1) is 23.2 Å². The summed E-state index contributed by atoms with van der Waals surface area (Å²) in [6.07, 6.45) is 11.5. The molecule has 21 heavy (non-hydrogen) atoms. The fraction of sp³-hybridized carbons (Fsp3) is 0. The maximum atomic E-state index is 13.8. The van der Waals surface area contributed by atoms with Gasteiger partial charge < -0.3 is 5.32 Å². The van der Waals surface area contributed by atoms with Crippen molar-refractivity contribution in [3.63, 3.8) is 0 Å². The molecule has 2 aromatic carbocycles. The normalized spacial score (nSPS) is 10.1. The van der Waals surface area contributed by atoms with Crippen LogP contribution in [0.4, 0.5) is 20.2 Å². The van der Waals surface area contributed by atoms with Gasteiger partial charge in [-0.25, -0.2) is 13.8 Å². The molecule has 0 aliphatic rings. The Morgan fingerprint density at radius 3 is 2.24 bits per heavy atom. The van der Waals surface area contributed by atoms with E-state index in [0.29, 0.717) is 0 Å². The molecule has 0 saturated carbocycles. The Balaban J connectivity index is 2.22. The second-order valence-electron chi connectivity index (χ2n) is 4.00. The Kier molecular flexibility index (Phi) is 4.33. The van der Waals surface area contributed by atoms with Gasteiger partial charge in [0.15, 0.2) is 11.6 Å². The van der Waals surface area contributed by atoms with Gasteiger partial charge in [0, 0.05) is 0 Å². The summed E-state index contributed by atoms with van der Waals surface area (Å²) in [6, 6.07) is 9.10. The fourth-order valence-electron chi connectivity index (χ4n) is 1.66. The third-order valence-corrected chi connectivity index (χ3v) is 2.71. The van der Waals surface area contributed by atoms with E-state index >= 15 is 0 Å². The Morgan fingerprint density at radius 2 is 1.57 bits per heavy atom. The summed E-state index contributed by atoms with van der Waals surface area (Å²) in [6.45, 7) is 0. The van der Waals surface area contributed by atoms with Crippen molar-refractivity contribution >= 4 is 17.7 Å². The summed E-state index contributed by atoms with van der Waals surface area (Å²) >= 11 is 0. The van der Waals surface area contributed by atoms with Crippen LogP contribution in [0.15, 0.2) is 41.4 Å². The van der Waals surface area contributed by atoms with Gasteiger partial charge in [-0.05, 0) is 24.3 Å². The second kappa shape index (κ2) is 6.36. The van der Waals surface area contributed by atoms with Crippen LogP contribution in [-0.4, -0.2) is 6.34 Å². The summed E-state index contributed by atoms with van der Waals surface area (Å²) in [5, 5.41) is 2.62. The van der Waals surface area contributed by atoms with Crippen molar-refractivity contribution in [2.45, 2.75) is 0 Å². The van der Waals surface area contributed by atoms with Gasteiger partial charge in [0.1, 0.15) is 5.69 Å². The number of halogens is 2. The zero-order valence-electron chi connectivity index (χ0n) is 10.9. The Morgan fingerprint density at radius 1 is 0.952 bits per heavy atom. The molecule has 2 nitrogen and oxygen atoms in total. The van der Waals surface area contributed by atoms with E-state index in [1.54, 1.807) is 12.1 Å². The van der Waals surface area contributed by atoms with E-state index in [1.807, 2.05) is 0 Å². The molecule has 0 aliphatic heterocycles. The molecular formula is C17H10F2N2. The molecule has 0 aliphatic carbocycles. The zero-order valence-corrected chi connectivity index (χ0v) is 10.9. The van der Waals surface area contributed by atoms with Crippen LogP contribution in [0.2, 0.25) is 0 Å². The van der Waals surface area contributed by atoms with Crippen LogP contribution in [0.1, 0.15) is 11.1 Å². The first-order valence-corrected chi connectivity index (χ1v) is 5.96. The second-order valence-corrected chi connectivity index (χ2v) is 4.00. The largest absolute Gasteiger partial charge is 0.344 e. The highest BCUT2D eigenvalue weighted by atomic mass is 19.1. The van der Waals surface area contributed by atoms with Crippen LogP contribution in [-0.2, 0) is 0 Å². The fourth-order valence-corrected chi connectivity index (χ4v) is 1.66. The molecule has 0 saturated heterocycles. The molecule has 0 spiro atoms. The van der Waals surface area contributed by atoms with Gasteiger partial charge in [-0.15, -0.1) is 12.8 Å². The molecule has 0 aromatic heterocycles. The third-order valence-electron chi connectivity index (χ3n) is 2.71. The van der Waals surface area contributed by atoms with Crippen LogP contribution >= 0.6 is 0 Å². The smallest absolute Gasteiger partial charge is 0.164 e.